The Morgan fingerprint density at radius 3 is 2.79 bits per heavy atom. The van der Waals surface area contributed by atoms with Gasteiger partial charge in [0.05, 0.1) is 0 Å². The van der Waals surface area contributed by atoms with Crippen molar-refractivity contribution in [2.45, 2.75) is 13.0 Å². The third-order valence-corrected chi connectivity index (χ3v) is 3.59. The second-order valence-corrected chi connectivity index (χ2v) is 5.05. The fourth-order valence-electron chi connectivity index (χ4n) is 1.46. The van der Waals surface area contributed by atoms with Crippen molar-refractivity contribution in [3.8, 4) is 0 Å². The van der Waals surface area contributed by atoms with Gasteiger partial charge in [0.25, 0.3) is 5.91 Å². The number of amidine groups is 1. The summed E-state index contributed by atoms with van der Waals surface area (Å²) in [5.74, 6) is 0.688. The van der Waals surface area contributed by atoms with Gasteiger partial charge >= 0.3 is 0 Å². The van der Waals surface area contributed by atoms with Crippen LogP contribution in [0, 0.1) is 0 Å². The van der Waals surface area contributed by atoms with Gasteiger partial charge < -0.3 is 15.8 Å². The Morgan fingerprint density at radius 2 is 2.32 bits per heavy atom. The molecular weight excluding hydrogens is 264 g/mol. The lowest BCUT2D eigenvalue weighted by Crippen LogP contribution is -2.37. The lowest BCUT2D eigenvalue weighted by molar-refractivity contribution is 0.0751. The normalized spacial score (nSPS) is 13.1. The molecule has 104 valence electrons. The van der Waals surface area contributed by atoms with Gasteiger partial charge in [-0.25, -0.2) is 0 Å². The van der Waals surface area contributed by atoms with Gasteiger partial charge in [0, 0.05) is 30.6 Å². The second-order valence-electron chi connectivity index (χ2n) is 4.14. The Hall–Kier alpha value is -1.76. The van der Waals surface area contributed by atoms with Crippen LogP contribution in [-0.4, -0.2) is 51.9 Å². The minimum absolute atomic E-state index is 0.0318. The van der Waals surface area contributed by atoms with Crippen molar-refractivity contribution in [1.82, 2.24) is 9.88 Å². The summed E-state index contributed by atoms with van der Waals surface area (Å²) in [5.41, 5.74) is 6.24. The minimum atomic E-state index is -0.146. The molecule has 0 aliphatic carbocycles. The van der Waals surface area contributed by atoms with E-state index >= 15 is 0 Å². The van der Waals surface area contributed by atoms with Crippen LogP contribution in [0.25, 0.3) is 0 Å². The summed E-state index contributed by atoms with van der Waals surface area (Å²) in [7, 11) is 1.75. The Labute approximate surface area is 116 Å². The van der Waals surface area contributed by atoms with Gasteiger partial charge in [0.2, 0.25) is 0 Å². The van der Waals surface area contributed by atoms with E-state index in [1.165, 1.54) is 6.20 Å². The second kappa shape index (κ2) is 6.98. The first-order chi connectivity index (χ1) is 9.01. The van der Waals surface area contributed by atoms with Crippen molar-refractivity contribution in [3.63, 3.8) is 0 Å². The molecule has 19 heavy (non-hydrogen) atoms. The first-order valence-corrected chi connectivity index (χ1v) is 7.10. The van der Waals surface area contributed by atoms with Gasteiger partial charge in [-0.2, -0.15) is 11.8 Å². The van der Waals surface area contributed by atoms with Crippen LogP contribution in [0.15, 0.2) is 23.5 Å². The molecular formula is C12H18N4O2S. The summed E-state index contributed by atoms with van der Waals surface area (Å²) < 4.78 is 0. The molecule has 1 aromatic heterocycles. The van der Waals surface area contributed by atoms with Crippen LogP contribution in [0.1, 0.15) is 23.0 Å². The molecule has 0 saturated carbocycles. The van der Waals surface area contributed by atoms with Crippen molar-refractivity contribution in [3.05, 3.63) is 29.6 Å². The first kappa shape index (κ1) is 15.3. The topological polar surface area (TPSA) is 91.8 Å². The van der Waals surface area contributed by atoms with Crippen LogP contribution in [0.5, 0.6) is 0 Å². The highest BCUT2D eigenvalue weighted by molar-refractivity contribution is 7.98. The van der Waals surface area contributed by atoms with Gasteiger partial charge in [0.15, 0.2) is 5.84 Å². The quantitative estimate of drug-likeness (QED) is 0.364. The minimum Gasteiger partial charge on any atom is -0.409 e. The van der Waals surface area contributed by atoms with Crippen LogP contribution in [0.2, 0.25) is 0 Å². The summed E-state index contributed by atoms with van der Waals surface area (Å²) in [4.78, 5) is 17.9. The number of amides is 1. The van der Waals surface area contributed by atoms with Gasteiger partial charge in [0.1, 0.15) is 5.69 Å². The zero-order chi connectivity index (χ0) is 14.4. The molecule has 1 aromatic rings. The Morgan fingerprint density at radius 1 is 1.63 bits per heavy atom. The van der Waals surface area contributed by atoms with Crippen molar-refractivity contribution >= 4 is 23.5 Å². The molecule has 1 rings (SSSR count). The maximum absolute atomic E-state index is 12.2. The molecule has 1 atom stereocenters. The lowest BCUT2D eigenvalue weighted by atomic mass is 10.2. The predicted molar refractivity (Wildman–Crippen MR) is 76.7 cm³/mol. The van der Waals surface area contributed by atoms with Gasteiger partial charge in [-0.1, -0.05) is 5.16 Å². The molecule has 3 N–H and O–H groups in total. The molecule has 1 heterocycles. The van der Waals surface area contributed by atoms with E-state index in [4.69, 9.17) is 10.9 Å². The number of pyridine rings is 1. The molecule has 0 aliphatic rings. The van der Waals surface area contributed by atoms with Gasteiger partial charge in [-0.3, -0.25) is 9.78 Å². The lowest BCUT2D eigenvalue weighted by Gasteiger charge is -2.23. The Balaban J connectivity index is 2.83. The number of aromatic nitrogens is 1. The molecule has 1 unspecified atom stereocenters. The summed E-state index contributed by atoms with van der Waals surface area (Å²) in [5, 5.41) is 11.4. The van der Waals surface area contributed by atoms with E-state index in [0.29, 0.717) is 11.3 Å². The first-order valence-electron chi connectivity index (χ1n) is 5.71. The van der Waals surface area contributed by atoms with Crippen LogP contribution in [0.3, 0.4) is 0 Å². The molecule has 0 aliphatic heterocycles. The van der Waals surface area contributed by atoms with Crippen LogP contribution >= 0.6 is 11.8 Å². The van der Waals surface area contributed by atoms with E-state index in [9.17, 15) is 4.79 Å². The van der Waals surface area contributed by atoms with E-state index in [2.05, 4.69) is 10.1 Å². The van der Waals surface area contributed by atoms with Crippen LogP contribution in [0.4, 0.5) is 0 Å². The number of carbonyl (C=O) groups is 1. The SMILES string of the molecule is CSCC(C)N(C)C(=O)c1ccc(/C(N)=N/O)cn1. The van der Waals surface area contributed by atoms with Crippen molar-refractivity contribution in [2.75, 3.05) is 19.1 Å². The number of hydrogen-bond donors (Lipinski definition) is 2. The number of hydrogen-bond acceptors (Lipinski definition) is 5. The van der Waals surface area contributed by atoms with E-state index in [1.807, 2.05) is 13.2 Å². The highest BCUT2D eigenvalue weighted by atomic mass is 32.2. The summed E-state index contributed by atoms with van der Waals surface area (Å²) in [6.07, 6.45) is 3.41. The Kier molecular flexibility index (Phi) is 5.62. The fourth-order valence-corrected chi connectivity index (χ4v) is 2.17. The molecule has 0 fully saturated rings. The molecule has 0 radical (unpaired) electrons. The van der Waals surface area contributed by atoms with E-state index in [0.717, 1.165) is 5.75 Å². The third-order valence-electron chi connectivity index (χ3n) is 2.78. The summed E-state index contributed by atoms with van der Waals surface area (Å²) >= 11 is 1.69. The zero-order valence-corrected chi connectivity index (χ0v) is 12.0. The number of nitrogens with two attached hydrogens (primary N) is 1. The molecule has 0 aromatic carbocycles. The zero-order valence-electron chi connectivity index (χ0n) is 11.2. The van der Waals surface area contributed by atoms with E-state index in [1.54, 1.807) is 35.8 Å². The number of oxime groups is 1. The monoisotopic (exact) mass is 282 g/mol. The molecule has 0 spiro atoms. The van der Waals surface area contributed by atoms with E-state index < -0.39 is 0 Å². The predicted octanol–water partition coefficient (Wildman–Crippen LogP) is 1.000. The van der Waals surface area contributed by atoms with E-state index in [-0.39, 0.29) is 17.8 Å². The Bertz CT molecular complexity index is 461. The number of nitrogens with zero attached hydrogens (tertiary/aromatic N) is 3. The molecule has 0 bridgehead atoms. The molecule has 0 saturated heterocycles. The number of thioether (sulfide) groups is 1. The van der Waals surface area contributed by atoms with Gasteiger partial charge in [-0.15, -0.1) is 0 Å². The highest BCUT2D eigenvalue weighted by Gasteiger charge is 2.18. The van der Waals surface area contributed by atoms with Crippen molar-refractivity contribution < 1.29 is 10.0 Å². The number of rotatable bonds is 5. The van der Waals surface area contributed by atoms with Crippen molar-refractivity contribution in [2.24, 2.45) is 10.9 Å². The molecule has 6 nitrogen and oxygen atoms in total. The number of carbonyl (C=O) groups excluding carboxylic acids is 1. The molecule has 7 heteroatoms. The average Bonchev–Trinajstić information content (AvgIpc) is 2.45. The fraction of sp³-hybridized carbons (Fsp3) is 0.417. The smallest absolute Gasteiger partial charge is 0.272 e. The average molecular weight is 282 g/mol. The van der Waals surface area contributed by atoms with Crippen molar-refractivity contribution in [1.29, 1.82) is 0 Å². The maximum atomic E-state index is 12.2. The highest BCUT2D eigenvalue weighted by Crippen LogP contribution is 2.09. The van der Waals surface area contributed by atoms with Crippen LogP contribution in [-0.2, 0) is 0 Å². The largest absolute Gasteiger partial charge is 0.409 e. The summed E-state index contributed by atoms with van der Waals surface area (Å²) in [6.45, 7) is 1.99. The maximum Gasteiger partial charge on any atom is 0.272 e. The van der Waals surface area contributed by atoms with Crippen LogP contribution < -0.4 is 5.73 Å². The standard InChI is InChI=1S/C12H18N4O2S/c1-8(7-19-3)16(2)12(17)10-5-4-9(6-14-10)11(13)15-18/h4-6,8,18H,7H2,1-3H3,(H2,13,15). The van der Waals surface area contributed by atoms with Gasteiger partial charge in [-0.05, 0) is 25.3 Å². The third kappa shape index (κ3) is 3.85. The summed E-state index contributed by atoms with van der Waals surface area (Å²) in [6, 6.07) is 3.30. The molecule has 1 amide bonds.